The lowest BCUT2D eigenvalue weighted by Gasteiger charge is -2.29. The molecule has 0 bridgehead atoms. The maximum Gasteiger partial charge on any atom is 0.265 e. The van der Waals surface area contributed by atoms with Gasteiger partial charge in [-0.15, -0.1) is 23.1 Å². The van der Waals surface area contributed by atoms with E-state index in [9.17, 15) is 9.59 Å². The van der Waals surface area contributed by atoms with E-state index in [-0.39, 0.29) is 17.2 Å². The molecule has 0 saturated carbocycles. The predicted octanol–water partition coefficient (Wildman–Crippen LogP) is 3.78. The van der Waals surface area contributed by atoms with Crippen LogP contribution in [0.15, 0.2) is 60.1 Å². The second kappa shape index (κ2) is 10.7. The molecule has 1 fully saturated rings. The van der Waals surface area contributed by atoms with Crippen LogP contribution < -0.4 is 14.8 Å². The van der Waals surface area contributed by atoms with Crippen LogP contribution in [0.1, 0.15) is 26.3 Å². The number of rotatable bonds is 8. The molecule has 3 heterocycles. The lowest BCUT2D eigenvalue weighted by atomic mass is 10.1. The molecule has 1 N–H and O–H groups in total. The summed E-state index contributed by atoms with van der Waals surface area (Å²) in [5.74, 6) is 1.39. The number of nitrogens with zero attached hydrogens (tertiary/aromatic N) is 2. The molecular formula is C24H25N3O4S2. The van der Waals surface area contributed by atoms with Crippen molar-refractivity contribution in [1.29, 1.82) is 0 Å². The smallest absolute Gasteiger partial charge is 0.265 e. The first-order valence-corrected chi connectivity index (χ1v) is 12.4. The van der Waals surface area contributed by atoms with E-state index in [1.165, 1.54) is 11.3 Å². The molecule has 4 rings (SSSR count). The number of benzene rings is 1. The van der Waals surface area contributed by atoms with E-state index in [0.717, 1.165) is 11.3 Å². The largest absolute Gasteiger partial charge is 0.493 e. The SMILES string of the molecule is COc1ccc(C2SCC(C(=O)NCCc3ccccn3)N2C(=O)c2cccs2)cc1OC. The van der Waals surface area contributed by atoms with E-state index in [1.54, 1.807) is 43.1 Å². The summed E-state index contributed by atoms with van der Waals surface area (Å²) in [4.78, 5) is 33.2. The fourth-order valence-electron chi connectivity index (χ4n) is 3.72. The molecule has 2 aromatic heterocycles. The molecule has 1 saturated heterocycles. The van der Waals surface area contributed by atoms with Crippen LogP contribution in [0.2, 0.25) is 0 Å². The number of aromatic nitrogens is 1. The minimum absolute atomic E-state index is 0.153. The van der Waals surface area contributed by atoms with Gasteiger partial charge in [-0.25, -0.2) is 0 Å². The van der Waals surface area contributed by atoms with Crippen molar-refractivity contribution in [3.8, 4) is 11.5 Å². The van der Waals surface area contributed by atoms with Crippen molar-refractivity contribution in [3.05, 3.63) is 76.2 Å². The van der Waals surface area contributed by atoms with E-state index >= 15 is 0 Å². The highest BCUT2D eigenvalue weighted by Crippen LogP contribution is 2.44. The van der Waals surface area contributed by atoms with Gasteiger partial charge < -0.3 is 19.7 Å². The lowest BCUT2D eigenvalue weighted by Crippen LogP contribution is -2.48. The number of thiophene rings is 1. The summed E-state index contributed by atoms with van der Waals surface area (Å²) in [7, 11) is 3.16. The van der Waals surface area contributed by atoms with Crippen LogP contribution in [0.5, 0.6) is 11.5 Å². The van der Waals surface area contributed by atoms with Gasteiger partial charge in [-0.1, -0.05) is 18.2 Å². The van der Waals surface area contributed by atoms with E-state index in [2.05, 4.69) is 10.3 Å². The predicted molar refractivity (Wildman–Crippen MR) is 130 cm³/mol. The Bertz CT molecular complexity index is 1090. The number of carbonyl (C=O) groups is 2. The molecular weight excluding hydrogens is 458 g/mol. The number of hydrogen-bond acceptors (Lipinski definition) is 7. The van der Waals surface area contributed by atoms with Crippen LogP contribution in [0, 0.1) is 0 Å². The minimum Gasteiger partial charge on any atom is -0.493 e. The number of methoxy groups -OCH3 is 2. The summed E-state index contributed by atoms with van der Waals surface area (Å²) in [6, 6.07) is 14.4. The van der Waals surface area contributed by atoms with Gasteiger partial charge in [0.2, 0.25) is 5.91 Å². The van der Waals surface area contributed by atoms with Gasteiger partial charge in [0.25, 0.3) is 5.91 Å². The van der Waals surface area contributed by atoms with Crippen molar-refractivity contribution < 1.29 is 19.1 Å². The van der Waals surface area contributed by atoms with Crippen molar-refractivity contribution in [2.24, 2.45) is 0 Å². The Balaban J connectivity index is 1.55. The number of hydrogen-bond donors (Lipinski definition) is 1. The Morgan fingerprint density at radius 2 is 1.97 bits per heavy atom. The third-order valence-electron chi connectivity index (χ3n) is 5.37. The molecule has 172 valence electrons. The second-order valence-electron chi connectivity index (χ2n) is 7.37. The lowest BCUT2D eigenvalue weighted by molar-refractivity contribution is -0.124. The van der Waals surface area contributed by atoms with Gasteiger partial charge in [-0.05, 0) is 41.3 Å². The fourth-order valence-corrected chi connectivity index (χ4v) is 5.81. The van der Waals surface area contributed by atoms with E-state index in [1.807, 2.05) is 47.8 Å². The van der Waals surface area contributed by atoms with E-state index in [0.29, 0.717) is 35.1 Å². The van der Waals surface area contributed by atoms with E-state index in [4.69, 9.17) is 9.47 Å². The Morgan fingerprint density at radius 3 is 2.67 bits per heavy atom. The maximum atomic E-state index is 13.5. The monoisotopic (exact) mass is 483 g/mol. The Labute approximate surface area is 201 Å². The zero-order valence-corrected chi connectivity index (χ0v) is 20.0. The molecule has 0 radical (unpaired) electrons. The first-order chi connectivity index (χ1) is 16.1. The molecule has 1 aliphatic heterocycles. The molecule has 1 aliphatic rings. The fraction of sp³-hybridized carbons (Fsp3) is 0.292. The van der Waals surface area contributed by atoms with Gasteiger partial charge in [0.1, 0.15) is 11.4 Å². The Morgan fingerprint density at radius 1 is 1.12 bits per heavy atom. The first kappa shape index (κ1) is 23.1. The molecule has 2 atom stereocenters. The summed E-state index contributed by atoms with van der Waals surface area (Å²) in [6.45, 7) is 0.457. The van der Waals surface area contributed by atoms with Crippen LogP contribution in [0.3, 0.4) is 0 Å². The Hall–Kier alpha value is -3.04. The maximum absolute atomic E-state index is 13.5. The van der Waals surface area contributed by atoms with E-state index < -0.39 is 6.04 Å². The number of thioether (sulfide) groups is 1. The topological polar surface area (TPSA) is 80.8 Å². The summed E-state index contributed by atoms with van der Waals surface area (Å²) in [5, 5.41) is 4.54. The molecule has 2 amide bonds. The Kier molecular flexibility index (Phi) is 7.51. The van der Waals surface area contributed by atoms with Gasteiger partial charge in [-0.3, -0.25) is 14.6 Å². The molecule has 33 heavy (non-hydrogen) atoms. The first-order valence-electron chi connectivity index (χ1n) is 10.5. The molecule has 7 nitrogen and oxygen atoms in total. The van der Waals surface area contributed by atoms with Gasteiger partial charge in [0, 0.05) is 30.6 Å². The van der Waals surface area contributed by atoms with Crippen molar-refractivity contribution in [3.63, 3.8) is 0 Å². The molecule has 0 aliphatic carbocycles. The molecule has 2 unspecified atom stereocenters. The summed E-state index contributed by atoms with van der Waals surface area (Å²) >= 11 is 2.94. The third kappa shape index (κ3) is 5.15. The highest BCUT2D eigenvalue weighted by atomic mass is 32.2. The number of carbonyl (C=O) groups excluding carboxylic acids is 2. The third-order valence-corrected chi connectivity index (χ3v) is 7.55. The van der Waals surface area contributed by atoms with Crippen LogP contribution in [0.4, 0.5) is 0 Å². The normalized spacial score (nSPS) is 17.6. The van der Waals surface area contributed by atoms with Crippen LogP contribution in [-0.2, 0) is 11.2 Å². The molecule has 3 aromatic rings. The zero-order valence-electron chi connectivity index (χ0n) is 18.4. The summed E-state index contributed by atoms with van der Waals surface area (Å²) in [5.41, 5.74) is 1.79. The number of pyridine rings is 1. The van der Waals surface area contributed by atoms with Gasteiger partial charge in [0.05, 0.1) is 19.1 Å². The summed E-state index contributed by atoms with van der Waals surface area (Å²) in [6.07, 6.45) is 2.37. The van der Waals surface area contributed by atoms with Gasteiger partial charge in [0.15, 0.2) is 11.5 Å². The standard InChI is InChI=1S/C24H25N3O4S2/c1-30-19-9-8-16(14-20(19)31-2)24-27(23(29)21-7-5-13-32-21)18(15-33-24)22(28)26-12-10-17-6-3-4-11-25-17/h3-9,11,13-14,18,24H,10,12,15H2,1-2H3,(H,26,28). The number of ether oxygens (including phenoxy) is 2. The van der Waals surface area contributed by atoms with Crippen molar-refractivity contribution in [2.45, 2.75) is 17.8 Å². The second-order valence-corrected chi connectivity index (χ2v) is 9.43. The highest BCUT2D eigenvalue weighted by Gasteiger charge is 2.43. The van der Waals surface area contributed by atoms with Crippen molar-refractivity contribution in [1.82, 2.24) is 15.2 Å². The van der Waals surface area contributed by atoms with Crippen LogP contribution >= 0.6 is 23.1 Å². The molecule has 1 aromatic carbocycles. The molecule has 0 spiro atoms. The van der Waals surface area contributed by atoms with Crippen LogP contribution in [-0.4, -0.2) is 54.3 Å². The highest BCUT2D eigenvalue weighted by molar-refractivity contribution is 7.99. The zero-order chi connectivity index (χ0) is 23.2. The average Bonchev–Trinajstić information content (AvgIpc) is 3.54. The minimum atomic E-state index is -0.577. The quantitative estimate of drug-likeness (QED) is 0.525. The molecule has 9 heteroatoms. The van der Waals surface area contributed by atoms with Crippen molar-refractivity contribution in [2.75, 3.05) is 26.5 Å². The van der Waals surface area contributed by atoms with Gasteiger partial charge in [-0.2, -0.15) is 0 Å². The number of amides is 2. The average molecular weight is 484 g/mol. The van der Waals surface area contributed by atoms with Crippen molar-refractivity contribution >= 4 is 34.9 Å². The summed E-state index contributed by atoms with van der Waals surface area (Å²) < 4.78 is 10.8. The number of nitrogens with one attached hydrogen (secondary N) is 1. The van der Waals surface area contributed by atoms with Gasteiger partial charge >= 0.3 is 0 Å². The van der Waals surface area contributed by atoms with Crippen LogP contribution in [0.25, 0.3) is 0 Å².